The van der Waals surface area contributed by atoms with Crippen molar-refractivity contribution in [2.24, 2.45) is 4.99 Å². The second-order valence-electron chi connectivity index (χ2n) is 6.37. The second-order valence-corrected chi connectivity index (χ2v) is 7.78. The van der Waals surface area contributed by atoms with E-state index in [1.807, 2.05) is 13.0 Å². The SMILES string of the molecule is CCN1C(=O)/C(=C\c2ccc(-c3ccc([N+](=O)[O-])cc3Cl)o2)S/C1=N/c1ccccn1. The summed E-state index contributed by atoms with van der Waals surface area (Å²) >= 11 is 7.42. The van der Waals surface area contributed by atoms with Crippen LogP contribution in [0.3, 0.4) is 0 Å². The summed E-state index contributed by atoms with van der Waals surface area (Å²) in [4.78, 5) is 33.8. The molecule has 1 aliphatic rings. The molecule has 1 fully saturated rings. The van der Waals surface area contributed by atoms with Crippen molar-refractivity contribution >= 4 is 52.0 Å². The van der Waals surface area contributed by atoms with E-state index in [9.17, 15) is 14.9 Å². The van der Waals surface area contributed by atoms with Gasteiger partial charge in [0, 0.05) is 36.5 Å². The Balaban J connectivity index is 1.61. The van der Waals surface area contributed by atoms with Gasteiger partial charge in [0.2, 0.25) is 0 Å². The van der Waals surface area contributed by atoms with Crippen LogP contribution >= 0.6 is 23.4 Å². The summed E-state index contributed by atoms with van der Waals surface area (Å²) in [5.41, 5.74) is 0.421. The highest BCUT2D eigenvalue weighted by Gasteiger charge is 2.32. The summed E-state index contributed by atoms with van der Waals surface area (Å²) in [6.07, 6.45) is 3.28. The highest BCUT2D eigenvalue weighted by atomic mass is 35.5. The first kappa shape index (κ1) is 20.8. The van der Waals surface area contributed by atoms with Crippen molar-refractivity contribution in [3.05, 3.63) is 80.5 Å². The van der Waals surface area contributed by atoms with Gasteiger partial charge in [-0.25, -0.2) is 9.98 Å². The number of carbonyl (C=O) groups excluding carboxylic acids is 1. The zero-order chi connectivity index (χ0) is 22.0. The number of halogens is 1. The van der Waals surface area contributed by atoms with Gasteiger partial charge in [-0.15, -0.1) is 0 Å². The minimum atomic E-state index is -0.514. The van der Waals surface area contributed by atoms with Gasteiger partial charge in [-0.3, -0.25) is 19.8 Å². The molecule has 0 saturated carbocycles. The minimum absolute atomic E-state index is 0.102. The second kappa shape index (κ2) is 8.75. The molecule has 1 aromatic carbocycles. The molecule has 2 aromatic heterocycles. The number of carbonyl (C=O) groups is 1. The number of hydrogen-bond donors (Lipinski definition) is 0. The fourth-order valence-corrected chi connectivity index (χ4v) is 4.21. The van der Waals surface area contributed by atoms with Crippen LogP contribution in [0.5, 0.6) is 0 Å². The van der Waals surface area contributed by atoms with Crippen molar-refractivity contribution in [1.82, 2.24) is 9.88 Å². The summed E-state index contributed by atoms with van der Waals surface area (Å²) in [6, 6.07) is 13.0. The number of benzene rings is 1. The fourth-order valence-electron chi connectivity index (χ4n) is 2.91. The molecule has 3 heterocycles. The van der Waals surface area contributed by atoms with E-state index in [2.05, 4.69) is 9.98 Å². The monoisotopic (exact) mass is 454 g/mol. The highest BCUT2D eigenvalue weighted by Crippen LogP contribution is 2.36. The van der Waals surface area contributed by atoms with Crippen molar-refractivity contribution in [3.63, 3.8) is 0 Å². The number of likely N-dealkylation sites (N-methyl/N-ethyl adjacent to an activating group) is 1. The Labute approximate surface area is 186 Å². The maximum atomic E-state index is 12.8. The lowest BCUT2D eigenvalue weighted by molar-refractivity contribution is -0.384. The number of non-ortho nitro benzene ring substituents is 1. The molecule has 1 aliphatic heterocycles. The van der Waals surface area contributed by atoms with Gasteiger partial charge in [0.15, 0.2) is 11.0 Å². The number of rotatable bonds is 5. The number of aliphatic imine (C=N–C) groups is 1. The molecule has 10 heteroatoms. The highest BCUT2D eigenvalue weighted by molar-refractivity contribution is 8.18. The number of nitro benzene ring substituents is 1. The van der Waals surface area contributed by atoms with E-state index in [4.69, 9.17) is 16.0 Å². The van der Waals surface area contributed by atoms with E-state index >= 15 is 0 Å². The van der Waals surface area contributed by atoms with Gasteiger partial charge >= 0.3 is 0 Å². The average Bonchev–Trinajstić information content (AvgIpc) is 3.33. The van der Waals surface area contributed by atoms with Gasteiger partial charge in [-0.2, -0.15) is 0 Å². The maximum absolute atomic E-state index is 12.8. The number of thioether (sulfide) groups is 1. The Bertz CT molecular complexity index is 1220. The molecule has 3 aromatic rings. The van der Waals surface area contributed by atoms with Crippen molar-refractivity contribution < 1.29 is 14.1 Å². The zero-order valence-electron chi connectivity index (χ0n) is 16.2. The number of furan rings is 1. The average molecular weight is 455 g/mol. The lowest BCUT2D eigenvalue weighted by atomic mass is 10.1. The molecule has 0 radical (unpaired) electrons. The molecule has 156 valence electrons. The molecule has 0 spiro atoms. The van der Waals surface area contributed by atoms with E-state index in [0.29, 0.717) is 39.5 Å². The molecule has 8 nitrogen and oxygen atoms in total. The van der Waals surface area contributed by atoms with Crippen LogP contribution in [0, 0.1) is 10.1 Å². The normalized spacial score (nSPS) is 16.5. The Hall–Kier alpha value is -3.43. The minimum Gasteiger partial charge on any atom is -0.457 e. The van der Waals surface area contributed by atoms with Gasteiger partial charge in [0.25, 0.3) is 11.6 Å². The standard InChI is InChI=1S/C21H15ClN4O4S/c1-2-25-20(27)18(31-21(25)24-19-5-3-4-10-23-19)12-14-7-9-17(30-14)15-8-6-13(26(28)29)11-16(15)22/h3-12H,2H2,1H3/b18-12+,24-21+. The molecule has 0 N–H and O–H groups in total. The fraction of sp³-hybridized carbons (Fsp3) is 0.0952. The van der Waals surface area contributed by atoms with Crippen LogP contribution in [0.15, 0.2) is 69.0 Å². The van der Waals surface area contributed by atoms with Crippen molar-refractivity contribution in [3.8, 4) is 11.3 Å². The number of aromatic nitrogens is 1. The van der Waals surface area contributed by atoms with Crippen LogP contribution in [0.1, 0.15) is 12.7 Å². The van der Waals surface area contributed by atoms with Crippen LogP contribution in [0.25, 0.3) is 17.4 Å². The summed E-state index contributed by atoms with van der Waals surface area (Å²) in [6.45, 7) is 2.34. The van der Waals surface area contributed by atoms with Crippen LogP contribution in [0.4, 0.5) is 11.5 Å². The van der Waals surface area contributed by atoms with E-state index in [1.54, 1.807) is 41.4 Å². The first-order chi connectivity index (χ1) is 15.0. The molecule has 0 unspecified atom stereocenters. The Morgan fingerprint density at radius 3 is 2.81 bits per heavy atom. The molecule has 4 rings (SSSR count). The van der Waals surface area contributed by atoms with Gasteiger partial charge in [0.05, 0.1) is 14.9 Å². The van der Waals surface area contributed by atoms with Crippen molar-refractivity contribution in [2.75, 3.05) is 6.54 Å². The first-order valence-electron chi connectivity index (χ1n) is 9.21. The lowest BCUT2D eigenvalue weighted by Crippen LogP contribution is -2.28. The summed E-state index contributed by atoms with van der Waals surface area (Å²) in [7, 11) is 0. The number of pyridine rings is 1. The van der Waals surface area contributed by atoms with E-state index < -0.39 is 4.92 Å². The van der Waals surface area contributed by atoms with Crippen molar-refractivity contribution in [1.29, 1.82) is 0 Å². The number of hydrogen-bond acceptors (Lipinski definition) is 7. The molecular formula is C21H15ClN4O4S. The largest absolute Gasteiger partial charge is 0.457 e. The van der Waals surface area contributed by atoms with E-state index in [-0.39, 0.29) is 16.6 Å². The molecule has 1 saturated heterocycles. The van der Waals surface area contributed by atoms with E-state index in [0.717, 1.165) is 0 Å². The summed E-state index contributed by atoms with van der Waals surface area (Å²) < 4.78 is 5.82. The molecule has 0 bridgehead atoms. The smallest absolute Gasteiger partial charge is 0.270 e. The number of amides is 1. The molecule has 0 aliphatic carbocycles. The van der Waals surface area contributed by atoms with Crippen LogP contribution < -0.4 is 0 Å². The van der Waals surface area contributed by atoms with Gasteiger partial charge in [0.1, 0.15) is 11.5 Å². The molecule has 31 heavy (non-hydrogen) atoms. The molecule has 0 atom stereocenters. The Morgan fingerprint density at radius 2 is 2.13 bits per heavy atom. The number of nitrogens with zero attached hydrogens (tertiary/aromatic N) is 4. The third kappa shape index (κ3) is 4.37. The third-order valence-corrected chi connectivity index (χ3v) is 5.71. The summed E-state index contributed by atoms with van der Waals surface area (Å²) in [5, 5.41) is 11.6. The van der Waals surface area contributed by atoms with Gasteiger partial charge in [-0.1, -0.05) is 17.7 Å². The Morgan fingerprint density at radius 1 is 1.29 bits per heavy atom. The van der Waals surface area contributed by atoms with Crippen molar-refractivity contribution in [2.45, 2.75) is 6.92 Å². The lowest BCUT2D eigenvalue weighted by Gasteiger charge is -2.11. The topological polar surface area (TPSA) is 102 Å². The van der Waals surface area contributed by atoms with Gasteiger partial charge in [-0.05, 0) is 49.0 Å². The van der Waals surface area contributed by atoms with Crippen LogP contribution in [-0.4, -0.2) is 32.4 Å². The van der Waals surface area contributed by atoms with Crippen LogP contribution in [-0.2, 0) is 4.79 Å². The van der Waals surface area contributed by atoms with Crippen LogP contribution in [0.2, 0.25) is 5.02 Å². The quantitative estimate of drug-likeness (QED) is 0.285. The maximum Gasteiger partial charge on any atom is 0.270 e. The number of amidine groups is 1. The third-order valence-electron chi connectivity index (χ3n) is 4.39. The first-order valence-corrected chi connectivity index (χ1v) is 10.4. The van der Waals surface area contributed by atoms with Gasteiger partial charge < -0.3 is 4.42 Å². The van der Waals surface area contributed by atoms with E-state index in [1.165, 1.54) is 30.0 Å². The Kier molecular flexibility index (Phi) is 5.88. The number of nitro groups is 1. The predicted octanol–water partition coefficient (Wildman–Crippen LogP) is 5.53. The summed E-state index contributed by atoms with van der Waals surface area (Å²) in [5.74, 6) is 1.24. The predicted molar refractivity (Wildman–Crippen MR) is 120 cm³/mol. The zero-order valence-corrected chi connectivity index (χ0v) is 17.8. The molecular weight excluding hydrogens is 440 g/mol. The molecule has 1 amide bonds.